The average Bonchev–Trinajstić information content (AvgIpc) is 2.74. The smallest absolute Gasteiger partial charge is 0.408 e. The highest BCUT2D eigenvalue weighted by atomic mass is 32.1. The highest BCUT2D eigenvalue weighted by Crippen LogP contribution is 2.13. The van der Waals surface area contributed by atoms with Gasteiger partial charge in [0.25, 0.3) is 0 Å². The number of nitrogens with one attached hydrogen (secondary N) is 1. The van der Waals surface area contributed by atoms with Gasteiger partial charge in [-0.3, -0.25) is 9.78 Å². The molecule has 0 atom stereocenters. The van der Waals surface area contributed by atoms with Crippen LogP contribution in [-0.2, 0) is 11.2 Å². The third kappa shape index (κ3) is 2.76. The summed E-state index contributed by atoms with van der Waals surface area (Å²) in [6.45, 7) is 0.611. The Morgan fingerprint density at radius 1 is 1.50 bits per heavy atom. The van der Waals surface area contributed by atoms with Gasteiger partial charge in [-0.2, -0.15) is 12.6 Å². The second-order valence-corrected chi connectivity index (χ2v) is 4.38. The van der Waals surface area contributed by atoms with Gasteiger partial charge in [-0.1, -0.05) is 6.07 Å². The SMILES string of the molecule is CN(CCc1ccc2[nH]c(=O)oc2c1)C(=O)CS. The number of H-pyrrole nitrogens is 1. The van der Waals surface area contributed by atoms with Gasteiger partial charge in [-0.25, -0.2) is 4.79 Å². The van der Waals surface area contributed by atoms with Crippen molar-refractivity contribution in [3.8, 4) is 0 Å². The lowest BCUT2D eigenvalue weighted by Crippen LogP contribution is -2.29. The maximum Gasteiger partial charge on any atom is 0.417 e. The Kier molecular flexibility index (Phi) is 3.76. The number of aromatic amines is 1. The van der Waals surface area contributed by atoms with Gasteiger partial charge < -0.3 is 9.32 Å². The predicted octanol–water partition coefficient (Wildman–Crippen LogP) is 1.05. The van der Waals surface area contributed by atoms with Gasteiger partial charge in [0.15, 0.2) is 5.58 Å². The maximum atomic E-state index is 11.3. The van der Waals surface area contributed by atoms with Crippen LogP contribution in [0.4, 0.5) is 0 Å². The Balaban J connectivity index is 2.08. The molecule has 0 aliphatic heterocycles. The fourth-order valence-electron chi connectivity index (χ4n) is 1.69. The highest BCUT2D eigenvalue weighted by molar-refractivity contribution is 7.81. The molecule has 0 saturated carbocycles. The summed E-state index contributed by atoms with van der Waals surface area (Å²) in [6, 6.07) is 5.52. The summed E-state index contributed by atoms with van der Waals surface area (Å²) >= 11 is 3.94. The van der Waals surface area contributed by atoms with Crippen molar-refractivity contribution in [1.82, 2.24) is 9.88 Å². The van der Waals surface area contributed by atoms with Crippen LogP contribution in [0, 0.1) is 0 Å². The number of oxazole rings is 1. The van der Waals surface area contributed by atoms with Crippen LogP contribution in [0.3, 0.4) is 0 Å². The quantitative estimate of drug-likeness (QED) is 0.813. The summed E-state index contributed by atoms with van der Waals surface area (Å²) in [5, 5.41) is 0. The topological polar surface area (TPSA) is 66.3 Å². The van der Waals surface area contributed by atoms with Crippen LogP contribution in [0.1, 0.15) is 5.56 Å². The first-order valence-corrected chi connectivity index (χ1v) is 6.20. The van der Waals surface area contributed by atoms with Crippen molar-refractivity contribution < 1.29 is 9.21 Å². The molecule has 2 rings (SSSR count). The number of hydrogen-bond donors (Lipinski definition) is 2. The third-order valence-corrected chi connectivity index (χ3v) is 3.05. The van der Waals surface area contributed by atoms with E-state index < -0.39 is 5.76 Å². The number of benzene rings is 1. The number of carbonyl (C=O) groups excluding carboxylic acids is 1. The van der Waals surface area contributed by atoms with Crippen molar-refractivity contribution in [3.63, 3.8) is 0 Å². The van der Waals surface area contributed by atoms with Crippen molar-refractivity contribution in [2.45, 2.75) is 6.42 Å². The molecule has 1 aromatic heterocycles. The zero-order valence-corrected chi connectivity index (χ0v) is 10.9. The van der Waals surface area contributed by atoms with Gasteiger partial charge in [0.05, 0.1) is 11.3 Å². The van der Waals surface area contributed by atoms with Crippen LogP contribution < -0.4 is 5.76 Å². The first-order chi connectivity index (χ1) is 8.60. The number of amides is 1. The number of likely N-dealkylation sites (N-methyl/N-ethyl adjacent to an activating group) is 1. The lowest BCUT2D eigenvalue weighted by Gasteiger charge is -2.15. The molecular formula is C12H14N2O3S. The van der Waals surface area contributed by atoms with Crippen LogP contribution in [0.15, 0.2) is 27.4 Å². The molecule has 1 aromatic carbocycles. The van der Waals surface area contributed by atoms with Crippen LogP contribution in [-0.4, -0.2) is 35.1 Å². The van der Waals surface area contributed by atoms with Crippen LogP contribution in [0.5, 0.6) is 0 Å². The Labute approximate surface area is 109 Å². The van der Waals surface area contributed by atoms with E-state index in [0.717, 1.165) is 5.56 Å². The first kappa shape index (κ1) is 12.8. The fraction of sp³-hybridized carbons (Fsp3) is 0.333. The molecule has 0 radical (unpaired) electrons. The Morgan fingerprint density at radius 3 is 3.00 bits per heavy atom. The van der Waals surface area contributed by atoms with Gasteiger partial charge in [0.2, 0.25) is 5.91 Å². The molecule has 0 unspecified atom stereocenters. The van der Waals surface area contributed by atoms with Crippen LogP contribution >= 0.6 is 12.6 Å². The number of fused-ring (bicyclic) bond motifs is 1. The minimum atomic E-state index is -0.454. The first-order valence-electron chi connectivity index (χ1n) is 5.56. The number of aromatic nitrogens is 1. The molecule has 0 fully saturated rings. The van der Waals surface area contributed by atoms with E-state index in [1.54, 1.807) is 18.0 Å². The standard InChI is InChI=1S/C12H14N2O3S/c1-14(11(15)7-18)5-4-8-2-3-9-10(6-8)17-12(16)13-9/h2-3,6,18H,4-5,7H2,1H3,(H,13,16). The van der Waals surface area contributed by atoms with E-state index in [1.165, 1.54) is 0 Å². The maximum absolute atomic E-state index is 11.3. The van der Waals surface area contributed by atoms with Gasteiger partial charge in [0, 0.05) is 13.6 Å². The summed E-state index contributed by atoms with van der Waals surface area (Å²) in [6.07, 6.45) is 0.709. The number of hydrogen-bond acceptors (Lipinski definition) is 4. The number of nitrogens with zero attached hydrogens (tertiary/aromatic N) is 1. The zero-order valence-electron chi connectivity index (χ0n) is 9.97. The van der Waals surface area contributed by atoms with E-state index in [-0.39, 0.29) is 11.7 Å². The Bertz CT molecular complexity index is 617. The van der Waals surface area contributed by atoms with E-state index in [2.05, 4.69) is 17.6 Å². The summed E-state index contributed by atoms with van der Waals surface area (Å²) in [4.78, 5) is 26.6. The van der Waals surface area contributed by atoms with Crippen molar-refractivity contribution in [2.75, 3.05) is 19.3 Å². The molecule has 0 bridgehead atoms. The summed E-state index contributed by atoms with van der Waals surface area (Å²) < 4.78 is 4.98. The molecule has 0 aliphatic rings. The molecule has 5 nitrogen and oxygen atoms in total. The van der Waals surface area contributed by atoms with E-state index in [1.807, 2.05) is 12.1 Å². The van der Waals surface area contributed by atoms with Gasteiger partial charge in [-0.15, -0.1) is 0 Å². The van der Waals surface area contributed by atoms with E-state index in [4.69, 9.17) is 4.42 Å². The average molecular weight is 266 g/mol. The lowest BCUT2D eigenvalue weighted by atomic mass is 10.1. The minimum absolute atomic E-state index is 0.00686. The molecule has 0 spiro atoms. The molecule has 0 saturated heterocycles. The Hall–Kier alpha value is -1.69. The molecule has 6 heteroatoms. The third-order valence-electron chi connectivity index (χ3n) is 2.78. The van der Waals surface area contributed by atoms with Crippen molar-refractivity contribution in [1.29, 1.82) is 0 Å². The highest BCUT2D eigenvalue weighted by Gasteiger charge is 2.07. The molecule has 0 aliphatic carbocycles. The zero-order chi connectivity index (χ0) is 13.1. The van der Waals surface area contributed by atoms with Gasteiger partial charge in [0.1, 0.15) is 0 Å². The molecule has 96 valence electrons. The predicted molar refractivity (Wildman–Crippen MR) is 72.0 cm³/mol. The van der Waals surface area contributed by atoms with Crippen LogP contribution in [0.2, 0.25) is 0 Å². The second kappa shape index (κ2) is 5.30. The summed E-state index contributed by atoms with van der Waals surface area (Å²) in [5.41, 5.74) is 2.24. The molecule has 1 N–H and O–H groups in total. The normalized spacial score (nSPS) is 10.8. The van der Waals surface area contributed by atoms with Gasteiger partial charge >= 0.3 is 5.76 Å². The van der Waals surface area contributed by atoms with E-state index >= 15 is 0 Å². The number of thiol groups is 1. The molecule has 2 aromatic rings. The van der Waals surface area contributed by atoms with Crippen molar-refractivity contribution in [2.24, 2.45) is 0 Å². The lowest BCUT2D eigenvalue weighted by molar-refractivity contribution is -0.127. The molecule has 1 amide bonds. The Morgan fingerprint density at radius 2 is 2.28 bits per heavy atom. The number of carbonyl (C=O) groups is 1. The molecule has 18 heavy (non-hydrogen) atoms. The molecule has 1 heterocycles. The summed E-state index contributed by atoms with van der Waals surface area (Å²) in [5.74, 6) is -0.250. The van der Waals surface area contributed by atoms with E-state index in [0.29, 0.717) is 24.1 Å². The van der Waals surface area contributed by atoms with Crippen LogP contribution in [0.25, 0.3) is 11.1 Å². The fourth-order valence-corrected chi connectivity index (χ4v) is 1.93. The van der Waals surface area contributed by atoms with E-state index in [9.17, 15) is 9.59 Å². The van der Waals surface area contributed by atoms with Crippen molar-refractivity contribution >= 4 is 29.6 Å². The summed E-state index contributed by atoms with van der Waals surface area (Å²) in [7, 11) is 1.74. The minimum Gasteiger partial charge on any atom is -0.408 e. The second-order valence-electron chi connectivity index (χ2n) is 4.07. The molecular weight excluding hydrogens is 252 g/mol. The van der Waals surface area contributed by atoms with Gasteiger partial charge in [-0.05, 0) is 24.1 Å². The number of rotatable bonds is 4. The largest absolute Gasteiger partial charge is 0.417 e. The van der Waals surface area contributed by atoms with Crippen molar-refractivity contribution in [3.05, 3.63) is 34.3 Å². The monoisotopic (exact) mass is 266 g/mol.